The van der Waals surface area contributed by atoms with Crippen molar-refractivity contribution in [1.82, 2.24) is 0 Å². The first-order valence-corrected chi connectivity index (χ1v) is 7.56. The van der Waals surface area contributed by atoms with Crippen LogP contribution in [0.25, 0.3) is 0 Å². The molecule has 0 fully saturated rings. The smallest absolute Gasteiger partial charge is 0.119 e. The molecule has 0 heterocycles. The molecule has 2 aromatic rings. The molecule has 1 aliphatic rings. The SMILES string of the molecule is COc1ccc2c(c1)[C@H](c1ccc(Cl)c(Cl)c1)CCC2. The van der Waals surface area contributed by atoms with Crippen molar-refractivity contribution in [3.05, 3.63) is 63.1 Å². The Kier molecular flexibility index (Phi) is 3.91. The molecule has 0 saturated carbocycles. The Bertz CT molecular complexity index is 637. The van der Waals surface area contributed by atoms with Gasteiger partial charge in [0.05, 0.1) is 17.2 Å². The van der Waals surface area contributed by atoms with E-state index in [1.165, 1.54) is 23.1 Å². The van der Waals surface area contributed by atoms with E-state index >= 15 is 0 Å². The van der Waals surface area contributed by atoms with Gasteiger partial charge in [0.2, 0.25) is 0 Å². The van der Waals surface area contributed by atoms with E-state index in [9.17, 15) is 0 Å². The maximum Gasteiger partial charge on any atom is 0.119 e. The first-order valence-electron chi connectivity index (χ1n) is 6.81. The maximum absolute atomic E-state index is 6.16. The Morgan fingerprint density at radius 3 is 2.65 bits per heavy atom. The topological polar surface area (TPSA) is 9.23 Å². The summed E-state index contributed by atoms with van der Waals surface area (Å²) in [6, 6.07) is 12.3. The summed E-state index contributed by atoms with van der Waals surface area (Å²) < 4.78 is 5.36. The molecule has 0 N–H and O–H groups in total. The van der Waals surface area contributed by atoms with Crippen LogP contribution >= 0.6 is 23.2 Å². The van der Waals surface area contributed by atoms with Crippen LogP contribution in [0, 0.1) is 0 Å². The van der Waals surface area contributed by atoms with Crippen LogP contribution in [-0.2, 0) is 6.42 Å². The fourth-order valence-electron chi connectivity index (χ4n) is 2.98. The third kappa shape index (κ3) is 2.53. The standard InChI is InChI=1S/C17H16Cl2O/c1-20-13-7-5-11-3-2-4-14(15(11)10-13)12-6-8-16(18)17(19)9-12/h5-10,14H,2-4H2,1H3/t14-/m0/s1. The Balaban J connectivity index is 2.06. The van der Waals surface area contributed by atoms with Crippen LogP contribution in [0.2, 0.25) is 10.0 Å². The second-order valence-corrected chi connectivity index (χ2v) is 6.00. The summed E-state index contributed by atoms with van der Waals surface area (Å²) >= 11 is 12.2. The number of hydrogen-bond donors (Lipinski definition) is 0. The molecule has 3 heteroatoms. The van der Waals surface area contributed by atoms with Gasteiger partial charge in [-0.05, 0) is 60.2 Å². The molecule has 0 spiro atoms. The average Bonchev–Trinajstić information content (AvgIpc) is 2.49. The first-order chi connectivity index (χ1) is 9.69. The molecule has 2 aromatic carbocycles. The molecule has 0 aromatic heterocycles. The summed E-state index contributed by atoms with van der Waals surface area (Å²) in [4.78, 5) is 0. The number of benzene rings is 2. The Morgan fingerprint density at radius 2 is 1.90 bits per heavy atom. The molecule has 3 rings (SSSR count). The van der Waals surface area contributed by atoms with Gasteiger partial charge in [0.15, 0.2) is 0 Å². The lowest BCUT2D eigenvalue weighted by Crippen LogP contribution is -2.11. The highest BCUT2D eigenvalue weighted by Crippen LogP contribution is 2.39. The van der Waals surface area contributed by atoms with E-state index < -0.39 is 0 Å². The molecule has 20 heavy (non-hydrogen) atoms. The second-order valence-electron chi connectivity index (χ2n) is 5.18. The largest absolute Gasteiger partial charge is 0.497 e. The normalized spacial score (nSPS) is 17.6. The summed E-state index contributed by atoms with van der Waals surface area (Å²) in [5, 5.41) is 1.23. The van der Waals surface area contributed by atoms with Crippen LogP contribution < -0.4 is 4.74 Å². The van der Waals surface area contributed by atoms with Crippen molar-refractivity contribution < 1.29 is 4.74 Å². The molecular weight excluding hydrogens is 291 g/mol. The van der Waals surface area contributed by atoms with Crippen LogP contribution in [-0.4, -0.2) is 7.11 Å². The second kappa shape index (κ2) is 5.67. The van der Waals surface area contributed by atoms with Crippen LogP contribution in [0.15, 0.2) is 36.4 Å². The molecule has 0 saturated heterocycles. The number of methoxy groups -OCH3 is 1. The molecule has 0 amide bonds. The molecule has 1 nitrogen and oxygen atoms in total. The van der Waals surface area contributed by atoms with Gasteiger partial charge in [-0.1, -0.05) is 35.3 Å². The fraction of sp³-hybridized carbons (Fsp3) is 0.294. The Hall–Kier alpha value is -1.18. The van der Waals surface area contributed by atoms with Crippen molar-refractivity contribution >= 4 is 23.2 Å². The van der Waals surface area contributed by atoms with Crippen molar-refractivity contribution in [3.8, 4) is 5.75 Å². The van der Waals surface area contributed by atoms with E-state index in [0.29, 0.717) is 16.0 Å². The lowest BCUT2D eigenvalue weighted by molar-refractivity contribution is 0.413. The van der Waals surface area contributed by atoms with E-state index in [0.717, 1.165) is 18.6 Å². The van der Waals surface area contributed by atoms with Gasteiger partial charge in [0.25, 0.3) is 0 Å². The van der Waals surface area contributed by atoms with E-state index in [4.69, 9.17) is 27.9 Å². The summed E-state index contributed by atoms with van der Waals surface area (Å²) in [5.74, 6) is 1.29. The lowest BCUT2D eigenvalue weighted by Gasteiger charge is -2.26. The van der Waals surface area contributed by atoms with Crippen molar-refractivity contribution in [2.24, 2.45) is 0 Å². The van der Waals surface area contributed by atoms with Crippen molar-refractivity contribution in [3.63, 3.8) is 0 Å². The average molecular weight is 307 g/mol. The van der Waals surface area contributed by atoms with Gasteiger partial charge < -0.3 is 4.74 Å². The summed E-state index contributed by atoms with van der Waals surface area (Å²) in [5.41, 5.74) is 4.00. The Labute approximate surface area is 129 Å². The summed E-state index contributed by atoms with van der Waals surface area (Å²) in [7, 11) is 1.71. The monoisotopic (exact) mass is 306 g/mol. The highest BCUT2D eigenvalue weighted by Gasteiger charge is 2.22. The van der Waals surface area contributed by atoms with Crippen LogP contribution in [0.5, 0.6) is 5.75 Å². The maximum atomic E-state index is 6.16. The number of hydrogen-bond acceptors (Lipinski definition) is 1. The highest BCUT2D eigenvalue weighted by atomic mass is 35.5. The zero-order chi connectivity index (χ0) is 14.1. The van der Waals surface area contributed by atoms with Gasteiger partial charge in [-0.2, -0.15) is 0 Å². The molecule has 0 aliphatic heterocycles. The fourth-order valence-corrected chi connectivity index (χ4v) is 3.29. The van der Waals surface area contributed by atoms with Gasteiger partial charge in [0, 0.05) is 5.92 Å². The van der Waals surface area contributed by atoms with Crippen LogP contribution in [0.3, 0.4) is 0 Å². The molecular formula is C17H16Cl2O. The minimum Gasteiger partial charge on any atom is -0.497 e. The van der Waals surface area contributed by atoms with E-state index in [1.54, 1.807) is 7.11 Å². The number of halogens is 2. The molecule has 1 aliphatic carbocycles. The number of rotatable bonds is 2. The summed E-state index contributed by atoms with van der Waals surface area (Å²) in [6.07, 6.45) is 3.47. The van der Waals surface area contributed by atoms with Crippen LogP contribution in [0.1, 0.15) is 35.4 Å². The molecule has 0 unspecified atom stereocenters. The van der Waals surface area contributed by atoms with Gasteiger partial charge in [-0.15, -0.1) is 0 Å². The predicted octanol–water partition coefficient (Wildman–Crippen LogP) is 5.47. The minimum absolute atomic E-state index is 0.378. The van der Waals surface area contributed by atoms with E-state index in [1.807, 2.05) is 18.2 Å². The van der Waals surface area contributed by atoms with Crippen molar-refractivity contribution in [2.45, 2.75) is 25.2 Å². The van der Waals surface area contributed by atoms with Gasteiger partial charge >= 0.3 is 0 Å². The van der Waals surface area contributed by atoms with Gasteiger partial charge in [-0.25, -0.2) is 0 Å². The minimum atomic E-state index is 0.378. The van der Waals surface area contributed by atoms with Crippen molar-refractivity contribution in [2.75, 3.05) is 7.11 Å². The summed E-state index contributed by atoms with van der Waals surface area (Å²) in [6.45, 7) is 0. The number of aryl methyl sites for hydroxylation is 1. The molecule has 104 valence electrons. The highest BCUT2D eigenvalue weighted by molar-refractivity contribution is 6.42. The lowest BCUT2D eigenvalue weighted by atomic mass is 9.79. The zero-order valence-corrected chi connectivity index (χ0v) is 12.8. The number of fused-ring (bicyclic) bond motifs is 1. The zero-order valence-electron chi connectivity index (χ0n) is 11.3. The Morgan fingerprint density at radius 1 is 1.05 bits per heavy atom. The molecule has 0 bridgehead atoms. The van der Waals surface area contributed by atoms with Gasteiger partial charge in [-0.3, -0.25) is 0 Å². The first kappa shape index (κ1) is 13.8. The van der Waals surface area contributed by atoms with E-state index in [-0.39, 0.29) is 0 Å². The van der Waals surface area contributed by atoms with Crippen LogP contribution in [0.4, 0.5) is 0 Å². The molecule has 1 atom stereocenters. The van der Waals surface area contributed by atoms with E-state index in [2.05, 4.69) is 18.2 Å². The third-order valence-electron chi connectivity index (χ3n) is 4.01. The van der Waals surface area contributed by atoms with Crippen molar-refractivity contribution in [1.29, 1.82) is 0 Å². The predicted molar refractivity (Wildman–Crippen MR) is 84.2 cm³/mol. The van der Waals surface area contributed by atoms with Gasteiger partial charge in [0.1, 0.15) is 5.75 Å². The number of ether oxygens (including phenoxy) is 1. The molecule has 0 radical (unpaired) electrons. The quantitative estimate of drug-likeness (QED) is 0.715. The third-order valence-corrected chi connectivity index (χ3v) is 4.75.